The van der Waals surface area contributed by atoms with Crippen molar-refractivity contribution in [3.05, 3.63) is 88.6 Å². The van der Waals surface area contributed by atoms with Crippen LogP contribution >= 0.6 is 11.6 Å². The topological polar surface area (TPSA) is 85.3 Å². The molecule has 0 amide bonds. The average Bonchev–Trinajstić information content (AvgIpc) is 3.02. The molecule has 33 heavy (non-hydrogen) atoms. The molecule has 0 fully saturated rings. The van der Waals surface area contributed by atoms with Gasteiger partial charge < -0.3 is 15.4 Å². The van der Waals surface area contributed by atoms with Crippen LogP contribution < -0.4 is 5.73 Å². The van der Waals surface area contributed by atoms with Gasteiger partial charge in [0, 0.05) is 23.6 Å². The number of aldehydes is 1. The second-order valence-corrected chi connectivity index (χ2v) is 7.46. The number of aryl methyl sites for hydroxylation is 1. The quantitative estimate of drug-likeness (QED) is 0.269. The number of rotatable bonds is 3. The number of carboxylic acids is 1. The SMILES string of the molecule is Cn1c(C=O)c(Cl)c2cc(N)ccc21.O=C(O)c1ccccc1-c1ccc(C(F)(F)F)cc1. The van der Waals surface area contributed by atoms with E-state index in [2.05, 4.69) is 0 Å². The fraction of sp³-hybridized carbons (Fsp3) is 0.0833. The predicted molar refractivity (Wildman–Crippen MR) is 122 cm³/mol. The molecular weight excluding hydrogens is 457 g/mol. The summed E-state index contributed by atoms with van der Waals surface area (Å²) < 4.78 is 39.1. The van der Waals surface area contributed by atoms with Crippen LogP contribution in [-0.4, -0.2) is 21.9 Å². The molecule has 9 heteroatoms. The number of nitrogens with two attached hydrogens (primary N) is 1. The number of hydrogen-bond acceptors (Lipinski definition) is 3. The Labute approximate surface area is 191 Å². The number of carboxylic acid groups (broad SMARTS) is 1. The molecule has 1 aromatic heterocycles. The number of aromatic nitrogens is 1. The second-order valence-electron chi connectivity index (χ2n) is 7.08. The summed E-state index contributed by atoms with van der Waals surface area (Å²) in [7, 11) is 1.80. The molecule has 0 bridgehead atoms. The average molecular weight is 475 g/mol. The molecule has 0 aliphatic rings. The number of benzene rings is 3. The van der Waals surface area contributed by atoms with E-state index in [0.29, 0.717) is 27.5 Å². The van der Waals surface area contributed by atoms with Crippen molar-refractivity contribution >= 4 is 40.4 Å². The van der Waals surface area contributed by atoms with Gasteiger partial charge in [-0.25, -0.2) is 4.79 Å². The van der Waals surface area contributed by atoms with Crippen molar-refractivity contribution in [3.63, 3.8) is 0 Å². The highest BCUT2D eigenvalue weighted by molar-refractivity contribution is 6.38. The number of fused-ring (bicyclic) bond motifs is 1. The van der Waals surface area contributed by atoms with Gasteiger partial charge in [0.15, 0.2) is 6.29 Å². The van der Waals surface area contributed by atoms with Gasteiger partial charge in [0.2, 0.25) is 0 Å². The maximum absolute atomic E-state index is 12.4. The second kappa shape index (κ2) is 9.38. The lowest BCUT2D eigenvalue weighted by molar-refractivity contribution is -0.137. The Morgan fingerprint density at radius 3 is 2.27 bits per heavy atom. The van der Waals surface area contributed by atoms with Gasteiger partial charge in [0.1, 0.15) is 5.69 Å². The van der Waals surface area contributed by atoms with Gasteiger partial charge in [-0.3, -0.25) is 4.79 Å². The first kappa shape index (κ1) is 23.9. The van der Waals surface area contributed by atoms with E-state index in [-0.39, 0.29) is 5.56 Å². The lowest BCUT2D eigenvalue weighted by Gasteiger charge is -2.09. The summed E-state index contributed by atoms with van der Waals surface area (Å²) in [5.74, 6) is -1.12. The van der Waals surface area contributed by atoms with Crippen LogP contribution in [0.3, 0.4) is 0 Å². The number of hydrogen-bond donors (Lipinski definition) is 2. The van der Waals surface area contributed by atoms with Gasteiger partial charge in [0.25, 0.3) is 0 Å². The smallest absolute Gasteiger partial charge is 0.416 e. The summed E-state index contributed by atoms with van der Waals surface area (Å²) in [5.41, 5.74) is 7.79. The zero-order valence-corrected chi connectivity index (χ0v) is 18.0. The van der Waals surface area contributed by atoms with Crippen LogP contribution in [0.15, 0.2) is 66.7 Å². The third kappa shape index (κ3) is 5.01. The molecule has 3 N–H and O–H groups in total. The summed E-state index contributed by atoms with van der Waals surface area (Å²) in [5, 5.41) is 10.3. The molecule has 0 saturated carbocycles. The van der Waals surface area contributed by atoms with E-state index < -0.39 is 17.7 Å². The predicted octanol–water partition coefficient (Wildman–Crippen LogP) is 6.30. The minimum Gasteiger partial charge on any atom is -0.478 e. The van der Waals surface area contributed by atoms with E-state index in [1.165, 1.54) is 18.2 Å². The van der Waals surface area contributed by atoms with E-state index >= 15 is 0 Å². The van der Waals surface area contributed by atoms with E-state index in [4.69, 9.17) is 22.4 Å². The van der Waals surface area contributed by atoms with E-state index in [0.717, 1.165) is 29.3 Å². The minimum absolute atomic E-state index is 0.0576. The Kier molecular flexibility index (Phi) is 6.78. The van der Waals surface area contributed by atoms with Crippen molar-refractivity contribution in [3.8, 4) is 11.1 Å². The molecule has 0 spiro atoms. The fourth-order valence-electron chi connectivity index (χ4n) is 3.33. The zero-order valence-electron chi connectivity index (χ0n) is 17.2. The molecule has 0 unspecified atom stereocenters. The Balaban J connectivity index is 0.000000194. The van der Waals surface area contributed by atoms with Crippen LogP contribution in [0.2, 0.25) is 5.02 Å². The summed E-state index contributed by atoms with van der Waals surface area (Å²) >= 11 is 6.03. The van der Waals surface area contributed by atoms with Crippen molar-refractivity contribution in [2.24, 2.45) is 7.05 Å². The Bertz CT molecular complexity index is 1330. The Morgan fingerprint density at radius 1 is 1.06 bits per heavy atom. The highest BCUT2D eigenvalue weighted by Crippen LogP contribution is 2.32. The normalized spacial score (nSPS) is 11.1. The van der Waals surface area contributed by atoms with Crippen molar-refractivity contribution < 1.29 is 27.9 Å². The molecule has 4 aromatic rings. The molecular formula is C24H18ClF3N2O3. The highest BCUT2D eigenvalue weighted by Gasteiger charge is 2.30. The van der Waals surface area contributed by atoms with Gasteiger partial charge in [-0.2, -0.15) is 13.2 Å². The number of anilines is 1. The summed E-state index contributed by atoms with van der Waals surface area (Å²) in [6.07, 6.45) is -3.65. The van der Waals surface area contributed by atoms with Crippen LogP contribution in [0, 0.1) is 0 Å². The van der Waals surface area contributed by atoms with Gasteiger partial charge in [-0.15, -0.1) is 0 Å². The molecule has 0 aliphatic heterocycles. The lowest BCUT2D eigenvalue weighted by Crippen LogP contribution is -2.04. The van der Waals surface area contributed by atoms with Crippen LogP contribution in [-0.2, 0) is 13.2 Å². The fourth-order valence-corrected chi connectivity index (χ4v) is 3.65. The van der Waals surface area contributed by atoms with Crippen molar-refractivity contribution in [1.29, 1.82) is 0 Å². The third-order valence-electron chi connectivity index (χ3n) is 5.00. The van der Waals surface area contributed by atoms with Crippen molar-refractivity contribution in [2.75, 3.05) is 5.73 Å². The van der Waals surface area contributed by atoms with Crippen LogP contribution in [0.1, 0.15) is 26.4 Å². The van der Waals surface area contributed by atoms with Crippen LogP contribution in [0.5, 0.6) is 0 Å². The molecule has 4 rings (SSSR count). The first-order chi connectivity index (χ1) is 15.5. The minimum atomic E-state index is -4.40. The number of nitrogens with zero attached hydrogens (tertiary/aromatic N) is 1. The van der Waals surface area contributed by atoms with E-state index in [1.807, 2.05) is 6.07 Å². The first-order valence-corrected chi connectivity index (χ1v) is 9.91. The van der Waals surface area contributed by atoms with Crippen molar-refractivity contribution in [1.82, 2.24) is 4.57 Å². The monoisotopic (exact) mass is 474 g/mol. The molecule has 5 nitrogen and oxygen atoms in total. The maximum Gasteiger partial charge on any atom is 0.416 e. The number of halogens is 4. The largest absolute Gasteiger partial charge is 0.478 e. The molecule has 0 radical (unpaired) electrons. The van der Waals surface area contributed by atoms with Crippen LogP contribution in [0.4, 0.5) is 18.9 Å². The zero-order chi connectivity index (χ0) is 24.3. The highest BCUT2D eigenvalue weighted by atomic mass is 35.5. The van der Waals surface area contributed by atoms with Gasteiger partial charge in [-0.1, -0.05) is 41.9 Å². The van der Waals surface area contributed by atoms with E-state index in [1.54, 1.807) is 41.9 Å². The number of aromatic carboxylic acids is 1. The lowest BCUT2D eigenvalue weighted by atomic mass is 9.99. The molecule has 1 heterocycles. The number of nitrogen functional groups attached to an aromatic ring is 1. The molecule has 0 saturated heterocycles. The van der Waals surface area contributed by atoms with Crippen LogP contribution in [0.25, 0.3) is 22.0 Å². The standard InChI is InChI=1S/C14H9F3O2.C10H9ClN2O/c15-14(16,17)10-7-5-9(6-8-10)11-3-1-2-4-12(11)13(18)19;1-13-8-3-2-6(12)4-7(8)10(11)9(13)5-14/h1-8H,(H,18,19);2-5H,12H2,1H3. The summed E-state index contributed by atoms with van der Waals surface area (Å²) in [6, 6.07) is 16.0. The first-order valence-electron chi connectivity index (χ1n) is 9.53. The maximum atomic E-state index is 12.4. The molecule has 0 atom stereocenters. The third-order valence-corrected chi connectivity index (χ3v) is 5.39. The summed E-state index contributed by atoms with van der Waals surface area (Å²) in [4.78, 5) is 21.8. The molecule has 3 aromatic carbocycles. The van der Waals surface area contributed by atoms with Gasteiger partial charge in [-0.05, 0) is 47.5 Å². The van der Waals surface area contributed by atoms with Gasteiger partial charge in [0.05, 0.1) is 16.1 Å². The molecule has 0 aliphatic carbocycles. The number of carbonyl (C=O) groups is 2. The molecule has 170 valence electrons. The summed E-state index contributed by atoms with van der Waals surface area (Å²) in [6.45, 7) is 0. The Hall–Kier alpha value is -3.78. The number of alkyl halides is 3. The van der Waals surface area contributed by atoms with E-state index in [9.17, 15) is 22.8 Å². The van der Waals surface area contributed by atoms with Gasteiger partial charge >= 0.3 is 12.1 Å². The number of carbonyl (C=O) groups excluding carboxylic acids is 1. The van der Waals surface area contributed by atoms with Crippen molar-refractivity contribution in [2.45, 2.75) is 6.18 Å². The Morgan fingerprint density at radius 2 is 1.70 bits per heavy atom.